The Bertz CT molecular complexity index is 831. The van der Waals surface area contributed by atoms with Gasteiger partial charge in [-0.2, -0.15) is 0 Å². The first kappa shape index (κ1) is 17.0. The summed E-state index contributed by atoms with van der Waals surface area (Å²) < 4.78 is 14.4. The molecule has 2 aromatic carbocycles. The predicted molar refractivity (Wildman–Crippen MR) is 91.9 cm³/mol. The number of rotatable bonds is 4. The van der Waals surface area contributed by atoms with Crippen molar-refractivity contribution >= 4 is 12.0 Å². The Labute approximate surface area is 144 Å². The lowest BCUT2D eigenvalue weighted by Crippen LogP contribution is -2.50. The van der Waals surface area contributed by atoms with Gasteiger partial charge in [-0.3, -0.25) is 4.79 Å². The third-order valence-corrected chi connectivity index (χ3v) is 4.74. The van der Waals surface area contributed by atoms with Crippen molar-refractivity contribution < 1.29 is 19.1 Å². The zero-order chi connectivity index (χ0) is 18.0. The number of nitrogens with one attached hydrogen (secondary N) is 2. The zero-order valence-corrected chi connectivity index (χ0v) is 13.8. The molecule has 2 aromatic rings. The molecule has 0 aromatic heterocycles. The van der Waals surface area contributed by atoms with Crippen molar-refractivity contribution in [2.75, 3.05) is 7.05 Å². The Kier molecular flexibility index (Phi) is 4.44. The van der Waals surface area contributed by atoms with Crippen LogP contribution in [0.1, 0.15) is 35.2 Å². The molecule has 0 atom stereocenters. The van der Waals surface area contributed by atoms with E-state index in [0.717, 1.165) is 12.0 Å². The van der Waals surface area contributed by atoms with E-state index in [4.69, 9.17) is 5.11 Å². The molecule has 130 valence electrons. The summed E-state index contributed by atoms with van der Waals surface area (Å²) >= 11 is 0. The van der Waals surface area contributed by atoms with Crippen LogP contribution in [0.4, 0.5) is 9.18 Å². The standard InChI is InChI=1S/C19H19FN2O3/c1-21-17(23)13-5-2-4-12(10-13)15-11-14(6-7-16(15)20)19(8-3-9-19)22-18(24)25/h2,4-7,10-11,22H,3,8-9H2,1H3,(H,21,23)(H,24,25). The second-order valence-electron chi connectivity index (χ2n) is 6.22. The molecular weight excluding hydrogens is 323 g/mol. The number of carboxylic acid groups (broad SMARTS) is 1. The molecule has 25 heavy (non-hydrogen) atoms. The quantitative estimate of drug-likeness (QED) is 0.796. The van der Waals surface area contributed by atoms with Crippen molar-refractivity contribution in [3.05, 3.63) is 59.4 Å². The molecule has 1 saturated carbocycles. The summed E-state index contributed by atoms with van der Waals surface area (Å²) in [4.78, 5) is 22.9. The van der Waals surface area contributed by atoms with E-state index in [1.54, 1.807) is 36.4 Å². The van der Waals surface area contributed by atoms with E-state index in [0.29, 0.717) is 29.5 Å². The molecule has 0 bridgehead atoms. The SMILES string of the molecule is CNC(=O)c1cccc(-c2cc(C3(NC(=O)O)CCC3)ccc2F)c1. The third kappa shape index (κ3) is 3.20. The summed E-state index contributed by atoms with van der Waals surface area (Å²) in [5, 5.41) is 14.2. The Morgan fingerprint density at radius 3 is 2.52 bits per heavy atom. The van der Waals surface area contributed by atoms with Crippen molar-refractivity contribution in [3.63, 3.8) is 0 Å². The molecule has 0 unspecified atom stereocenters. The monoisotopic (exact) mass is 342 g/mol. The fourth-order valence-corrected chi connectivity index (χ4v) is 3.24. The van der Waals surface area contributed by atoms with Crippen molar-refractivity contribution in [1.82, 2.24) is 10.6 Å². The van der Waals surface area contributed by atoms with Gasteiger partial charge in [0.15, 0.2) is 0 Å². The second-order valence-corrected chi connectivity index (χ2v) is 6.22. The van der Waals surface area contributed by atoms with Crippen LogP contribution in [0.15, 0.2) is 42.5 Å². The summed E-state index contributed by atoms with van der Waals surface area (Å²) in [7, 11) is 1.54. The predicted octanol–water partition coefficient (Wildman–Crippen LogP) is 3.50. The van der Waals surface area contributed by atoms with Gasteiger partial charge in [0, 0.05) is 18.2 Å². The number of hydrogen-bond acceptors (Lipinski definition) is 2. The number of halogens is 1. The van der Waals surface area contributed by atoms with Crippen molar-refractivity contribution in [3.8, 4) is 11.1 Å². The number of carbonyl (C=O) groups is 2. The van der Waals surface area contributed by atoms with Crippen LogP contribution in [0, 0.1) is 5.82 Å². The molecule has 0 heterocycles. The van der Waals surface area contributed by atoms with Crippen LogP contribution in [0.5, 0.6) is 0 Å². The van der Waals surface area contributed by atoms with Gasteiger partial charge in [-0.25, -0.2) is 9.18 Å². The second kappa shape index (κ2) is 6.55. The van der Waals surface area contributed by atoms with Gasteiger partial charge in [0.1, 0.15) is 5.82 Å². The molecule has 0 saturated heterocycles. The summed E-state index contributed by atoms with van der Waals surface area (Å²) in [6.07, 6.45) is 1.19. The van der Waals surface area contributed by atoms with Gasteiger partial charge in [0.2, 0.25) is 0 Å². The fourth-order valence-electron chi connectivity index (χ4n) is 3.24. The zero-order valence-electron chi connectivity index (χ0n) is 13.8. The molecule has 0 spiro atoms. The highest BCUT2D eigenvalue weighted by Gasteiger charge is 2.40. The van der Waals surface area contributed by atoms with Crippen LogP contribution in [0.2, 0.25) is 0 Å². The maximum absolute atomic E-state index is 14.4. The maximum Gasteiger partial charge on any atom is 0.405 e. The molecule has 1 aliphatic rings. The molecule has 0 aliphatic heterocycles. The summed E-state index contributed by atoms with van der Waals surface area (Å²) in [5.74, 6) is -0.663. The molecule has 1 fully saturated rings. The van der Waals surface area contributed by atoms with E-state index >= 15 is 0 Å². The first-order valence-corrected chi connectivity index (χ1v) is 8.09. The largest absolute Gasteiger partial charge is 0.465 e. The Balaban J connectivity index is 2.03. The lowest BCUT2D eigenvalue weighted by Gasteiger charge is -2.42. The van der Waals surface area contributed by atoms with Gasteiger partial charge in [-0.1, -0.05) is 18.2 Å². The highest BCUT2D eigenvalue weighted by atomic mass is 19.1. The lowest BCUT2D eigenvalue weighted by molar-refractivity contribution is 0.0963. The van der Waals surface area contributed by atoms with Crippen molar-refractivity contribution in [2.45, 2.75) is 24.8 Å². The number of carbonyl (C=O) groups excluding carboxylic acids is 1. The molecule has 5 nitrogen and oxygen atoms in total. The minimum Gasteiger partial charge on any atom is -0.465 e. The van der Waals surface area contributed by atoms with Gasteiger partial charge in [-0.05, 0) is 54.7 Å². The number of hydrogen-bond donors (Lipinski definition) is 3. The van der Waals surface area contributed by atoms with Gasteiger partial charge < -0.3 is 15.7 Å². The summed E-state index contributed by atoms with van der Waals surface area (Å²) in [6.45, 7) is 0. The van der Waals surface area contributed by atoms with Crippen molar-refractivity contribution in [2.24, 2.45) is 0 Å². The average molecular weight is 342 g/mol. The van der Waals surface area contributed by atoms with Crippen LogP contribution in [-0.2, 0) is 5.54 Å². The van der Waals surface area contributed by atoms with E-state index < -0.39 is 17.4 Å². The lowest BCUT2D eigenvalue weighted by atomic mass is 9.71. The maximum atomic E-state index is 14.4. The fraction of sp³-hybridized carbons (Fsp3) is 0.263. The van der Waals surface area contributed by atoms with Crippen LogP contribution >= 0.6 is 0 Å². The Hall–Kier alpha value is -2.89. The van der Waals surface area contributed by atoms with Gasteiger partial charge in [-0.15, -0.1) is 0 Å². The normalized spacial score (nSPS) is 15.1. The van der Waals surface area contributed by atoms with Gasteiger partial charge in [0.05, 0.1) is 5.54 Å². The first-order chi connectivity index (χ1) is 11.9. The van der Waals surface area contributed by atoms with Crippen LogP contribution in [0.25, 0.3) is 11.1 Å². The topological polar surface area (TPSA) is 78.4 Å². The molecule has 3 N–H and O–H groups in total. The smallest absolute Gasteiger partial charge is 0.405 e. The van der Waals surface area contributed by atoms with Crippen molar-refractivity contribution in [1.29, 1.82) is 0 Å². The molecule has 2 amide bonds. The minimum absolute atomic E-state index is 0.249. The van der Waals surface area contributed by atoms with Crippen LogP contribution < -0.4 is 10.6 Å². The molecule has 3 rings (SSSR count). The van der Waals surface area contributed by atoms with Crippen LogP contribution in [-0.4, -0.2) is 24.2 Å². The van der Waals surface area contributed by atoms with Gasteiger partial charge in [0.25, 0.3) is 5.91 Å². The van der Waals surface area contributed by atoms with Crippen LogP contribution in [0.3, 0.4) is 0 Å². The molecule has 1 aliphatic carbocycles. The van der Waals surface area contributed by atoms with E-state index in [9.17, 15) is 14.0 Å². The van der Waals surface area contributed by atoms with E-state index in [1.165, 1.54) is 13.1 Å². The summed E-state index contributed by atoms with van der Waals surface area (Å²) in [5.41, 5.74) is 1.44. The van der Waals surface area contributed by atoms with E-state index in [1.807, 2.05) is 0 Å². The third-order valence-electron chi connectivity index (χ3n) is 4.74. The highest BCUT2D eigenvalue weighted by Crippen LogP contribution is 2.42. The highest BCUT2D eigenvalue weighted by molar-refractivity contribution is 5.95. The Morgan fingerprint density at radius 1 is 1.16 bits per heavy atom. The minimum atomic E-state index is -1.09. The number of benzene rings is 2. The number of amides is 2. The molecular formula is C19H19FN2O3. The van der Waals surface area contributed by atoms with E-state index in [-0.39, 0.29) is 5.91 Å². The Morgan fingerprint density at radius 2 is 1.92 bits per heavy atom. The molecule has 0 radical (unpaired) electrons. The summed E-state index contributed by atoms with van der Waals surface area (Å²) in [6, 6.07) is 11.3. The molecule has 6 heteroatoms. The average Bonchev–Trinajstić information content (AvgIpc) is 2.58. The van der Waals surface area contributed by atoms with E-state index in [2.05, 4.69) is 10.6 Å². The first-order valence-electron chi connectivity index (χ1n) is 8.09. The van der Waals surface area contributed by atoms with Gasteiger partial charge >= 0.3 is 6.09 Å².